The monoisotopic (exact) mass is 338 g/mol. The van der Waals surface area contributed by atoms with Crippen LogP contribution in [0.1, 0.15) is 5.56 Å². The van der Waals surface area contributed by atoms with Gasteiger partial charge in [-0.15, -0.1) is 0 Å². The summed E-state index contributed by atoms with van der Waals surface area (Å²) >= 11 is 0. The molecule has 0 amide bonds. The van der Waals surface area contributed by atoms with E-state index in [1.807, 2.05) is 48.0 Å². The SMILES string of the molecule is COc1cc(C)cc(-c2ccccc2OCCn2ccnc2)c1OC. The molecular formula is C20H22N2O3. The van der Waals surface area contributed by atoms with E-state index in [0.717, 1.165) is 29.0 Å². The van der Waals surface area contributed by atoms with Gasteiger partial charge >= 0.3 is 0 Å². The molecule has 3 aromatic rings. The van der Waals surface area contributed by atoms with Crippen LogP contribution in [-0.2, 0) is 6.54 Å². The molecule has 5 nitrogen and oxygen atoms in total. The number of para-hydroxylation sites is 1. The highest BCUT2D eigenvalue weighted by Gasteiger charge is 2.16. The van der Waals surface area contributed by atoms with Crippen molar-refractivity contribution in [3.05, 3.63) is 60.7 Å². The molecule has 1 aromatic heterocycles. The maximum Gasteiger partial charge on any atom is 0.168 e. The van der Waals surface area contributed by atoms with Crippen molar-refractivity contribution in [3.63, 3.8) is 0 Å². The molecule has 3 rings (SSSR count). The minimum Gasteiger partial charge on any atom is -0.493 e. The van der Waals surface area contributed by atoms with E-state index in [0.29, 0.717) is 18.1 Å². The highest BCUT2D eigenvalue weighted by atomic mass is 16.5. The van der Waals surface area contributed by atoms with Crippen LogP contribution >= 0.6 is 0 Å². The fourth-order valence-corrected chi connectivity index (χ4v) is 2.80. The first-order chi connectivity index (χ1) is 12.2. The lowest BCUT2D eigenvalue weighted by atomic mass is 10.0. The predicted molar refractivity (Wildman–Crippen MR) is 97.4 cm³/mol. The van der Waals surface area contributed by atoms with Gasteiger partial charge in [-0.25, -0.2) is 4.98 Å². The summed E-state index contributed by atoms with van der Waals surface area (Å²) in [7, 11) is 3.30. The zero-order chi connectivity index (χ0) is 17.6. The van der Waals surface area contributed by atoms with E-state index in [1.54, 1.807) is 26.7 Å². The lowest BCUT2D eigenvalue weighted by Crippen LogP contribution is -2.07. The summed E-state index contributed by atoms with van der Waals surface area (Å²) in [5.74, 6) is 2.23. The maximum atomic E-state index is 6.03. The summed E-state index contributed by atoms with van der Waals surface area (Å²) < 4.78 is 19.1. The van der Waals surface area contributed by atoms with Crippen molar-refractivity contribution >= 4 is 0 Å². The number of hydrogen-bond donors (Lipinski definition) is 0. The van der Waals surface area contributed by atoms with E-state index >= 15 is 0 Å². The first kappa shape index (κ1) is 16.9. The van der Waals surface area contributed by atoms with Crippen molar-refractivity contribution in [1.82, 2.24) is 9.55 Å². The van der Waals surface area contributed by atoms with Crippen LogP contribution in [0.15, 0.2) is 55.1 Å². The first-order valence-electron chi connectivity index (χ1n) is 8.13. The Bertz CT molecular complexity index is 829. The second-order valence-electron chi connectivity index (χ2n) is 5.69. The molecule has 0 bridgehead atoms. The van der Waals surface area contributed by atoms with E-state index in [-0.39, 0.29) is 0 Å². The van der Waals surface area contributed by atoms with Crippen molar-refractivity contribution in [1.29, 1.82) is 0 Å². The standard InChI is InChI=1S/C20H22N2O3/c1-15-12-17(20(24-3)19(13-15)23-2)16-6-4-5-7-18(16)25-11-10-22-9-8-21-14-22/h4-9,12-14H,10-11H2,1-3H3. The van der Waals surface area contributed by atoms with Crippen molar-refractivity contribution in [2.75, 3.05) is 20.8 Å². The van der Waals surface area contributed by atoms with Crippen LogP contribution in [0.3, 0.4) is 0 Å². The number of imidazole rings is 1. The Morgan fingerprint density at radius 1 is 1.00 bits per heavy atom. The number of benzene rings is 2. The normalized spacial score (nSPS) is 10.5. The fourth-order valence-electron chi connectivity index (χ4n) is 2.80. The topological polar surface area (TPSA) is 45.5 Å². The summed E-state index contributed by atoms with van der Waals surface area (Å²) in [5.41, 5.74) is 3.03. The van der Waals surface area contributed by atoms with Gasteiger partial charge in [0.2, 0.25) is 0 Å². The molecule has 25 heavy (non-hydrogen) atoms. The van der Waals surface area contributed by atoms with Gasteiger partial charge in [0.05, 0.1) is 27.1 Å². The van der Waals surface area contributed by atoms with E-state index in [4.69, 9.17) is 14.2 Å². The molecule has 0 aliphatic carbocycles. The Kier molecular flexibility index (Phi) is 5.23. The number of aromatic nitrogens is 2. The molecule has 0 saturated heterocycles. The van der Waals surface area contributed by atoms with Crippen LogP contribution < -0.4 is 14.2 Å². The van der Waals surface area contributed by atoms with Gasteiger partial charge in [0, 0.05) is 23.5 Å². The molecule has 0 radical (unpaired) electrons. The van der Waals surface area contributed by atoms with Crippen molar-refractivity contribution < 1.29 is 14.2 Å². The highest BCUT2D eigenvalue weighted by Crippen LogP contribution is 2.42. The third-order valence-corrected chi connectivity index (χ3v) is 3.97. The molecule has 1 heterocycles. The summed E-state index contributed by atoms with van der Waals surface area (Å²) in [4.78, 5) is 4.04. The molecular weight excluding hydrogens is 316 g/mol. The lowest BCUT2D eigenvalue weighted by molar-refractivity contribution is 0.299. The van der Waals surface area contributed by atoms with Crippen molar-refractivity contribution in [2.24, 2.45) is 0 Å². The van der Waals surface area contributed by atoms with Crippen LogP contribution in [0.5, 0.6) is 17.2 Å². The zero-order valence-electron chi connectivity index (χ0n) is 14.7. The number of ether oxygens (including phenoxy) is 3. The summed E-state index contributed by atoms with van der Waals surface area (Å²) in [6.45, 7) is 3.33. The number of rotatable bonds is 7. The van der Waals surface area contributed by atoms with Gasteiger partial charge in [0.25, 0.3) is 0 Å². The fraction of sp³-hybridized carbons (Fsp3) is 0.250. The number of aryl methyl sites for hydroxylation is 1. The van der Waals surface area contributed by atoms with Gasteiger partial charge in [-0.3, -0.25) is 0 Å². The molecule has 0 N–H and O–H groups in total. The lowest BCUT2D eigenvalue weighted by Gasteiger charge is -2.17. The molecule has 0 spiro atoms. The minimum absolute atomic E-state index is 0.554. The Hall–Kier alpha value is -2.95. The predicted octanol–water partition coefficient (Wildman–Crippen LogP) is 3.95. The molecule has 130 valence electrons. The van der Waals surface area contributed by atoms with Crippen molar-refractivity contribution in [3.8, 4) is 28.4 Å². The van der Waals surface area contributed by atoms with E-state index < -0.39 is 0 Å². The minimum atomic E-state index is 0.554. The van der Waals surface area contributed by atoms with Crippen LogP contribution in [0.2, 0.25) is 0 Å². The quantitative estimate of drug-likeness (QED) is 0.654. The molecule has 0 aliphatic rings. The second kappa shape index (κ2) is 7.75. The van der Waals surface area contributed by atoms with Crippen LogP contribution in [0.25, 0.3) is 11.1 Å². The van der Waals surface area contributed by atoms with Gasteiger partial charge in [-0.05, 0) is 30.7 Å². The third-order valence-electron chi connectivity index (χ3n) is 3.97. The largest absolute Gasteiger partial charge is 0.493 e. The van der Waals surface area contributed by atoms with Crippen molar-refractivity contribution in [2.45, 2.75) is 13.5 Å². The molecule has 0 unspecified atom stereocenters. The average molecular weight is 338 g/mol. The van der Waals surface area contributed by atoms with E-state index in [9.17, 15) is 0 Å². The van der Waals surface area contributed by atoms with Gasteiger partial charge < -0.3 is 18.8 Å². The van der Waals surface area contributed by atoms with E-state index in [2.05, 4.69) is 11.1 Å². The van der Waals surface area contributed by atoms with E-state index in [1.165, 1.54) is 0 Å². The van der Waals surface area contributed by atoms with Crippen LogP contribution in [0.4, 0.5) is 0 Å². The third kappa shape index (κ3) is 3.76. The second-order valence-corrected chi connectivity index (χ2v) is 5.69. The maximum absolute atomic E-state index is 6.03. The molecule has 0 atom stereocenters. The summed E-state index contributed by atoms with van der Waals surface area (Å²) in [6.07, 6.45) is 5.46. The number of hydrogen-bond acceptors (Lipinski definition) is 4. The summed E-state index contributed by atoms with van der Waals surface area (Å²) in [6, 6.07) is 12.0. The Labute approximate surface area is 147 Å². The van der Waals surface area contributed by atoms with Gasteiger partial charge in [0.1, 0.15) is 12.4 Å². The Morgan fingerprint density at radius 2 is 1.84 bits per heavy atom. The number of nitrogens with zero attached hydrogens (tertiary/aromatic N) is 2. The Morgan fingerprint density at radius 3 is 2.56 bits per heavy atom. The Balaban J connectivity index is 1.91. The molecule has 0 aliphatic heterocycles. The van der Waals surface area contributed by atoms with Gasteiger partial charge in [-0.2, -0.15) is 0 Å². The van der Waals surface area contributed by atoms with Crippen LogP contribution in [0, 0.1) is 6.92 Å². The molecule has 0 saturated carbocycles. The first-order valence-corrected chi connectivity index (χ1v) is 8.13. The highest BCUT2D eigenvalue weighted by molar-refractivity contribution is 5.79. The molecule has 0 fully saturated rings. The van der Waals surface area contributed by atoms with Crippen LogP contribution in [-0.4, -0.2) is 30.4 Å². The average Bonchev–Trinajstić information content (AvgIpc) is 3.15. The molecule has 2 aromatic carbocycles. The molecule has 5 heteroatoms. The number of methoxy groups -OCH3 is 2. The zero-order valence-corrected chi connectivity index (χ0v) is 14.7. The van der Waals surface area contributed by atoms with Gasteiger partial charge in [-0.1, -0.05) is 18.2 Å². The van der Waals surface area contributed by atoms with Gasteiger partial charge in [0.15, 0.2) is 11.5 Å². The summed E-state index contributed by atoms with van der Waals surface area (Å²) in [5, 5.41) is 0. The smallest absolute Gasteiger partial charge is 0.168 e.